The zero-order valence-corrected chi connectivity index (χ0v) is 11.6. The minimum atomic E-state index is 0.314. The Bertz CT molecular complexity index is 502. The molecule has 1 unspecified atom stereocenters. The first-order valence-corrected chi connectivity index (χ1v) is 6.86. The summed E-state index contributed by atoms with van der Waals surface area (Å²) in [5, 5.41) is 12.8. The molecule has 0 amide bonds. The van der Waals surface area contributed by atoms with E-state index < -0.39 is 0 Å². The molecule has 0 bridgehead atoms. The SMILES string of the molecule is CCCNC(C)c1ccn(Cc2ccc(O)cc2)c1. The largest absolute Gasteiger partial charge is 0.508 e. The van der Waals surface area contributed by atoms with Gasteiger partial charge in [0, 0.05) is 25.0 Å². The lowest BCUT2D eigenvalue weighted by Crippen LogP contribution is -2.18. The van der Waals surface area contributed by atoms with Crippen molar-refractivity contribution >= 4 is 0 Å². The highest BCUT2D eigenvalue weighted by atomic mass is 16.3. The maximum absolute atomic E-state index is 9.27. The molecule has 0 aliphatic rings. The number of hydrogen-bond acceptors (Lipinski definition) is 2. The van der Waals surface area contributed by atoms with Gasteiger partial charge < -0.3 is 15.0 Å². The Morgan fingerprint density at radius 3 is 2.63 bits per heavy atom. The lowest BCUT2D eigenvalue weighted by atomic mass is 10.2. The smallest absolute Gasteiger partial charge is 0.115 e. The van der Waals surface area contributed by atoms with Crippen LogP contribution in [-0.4, -0.2) is 16.2 Å². The summed E-state index contributed by atoms with van der Waals surface area (Å²) < 4.78 is 2.17. The summed E-state index contributed by atoms with van der Waals surface area (Å²) in [6.07, 6.45) is 5.44. The summed E-state index contributed by atoms with van der Waals surface area (Å²) >= 11 is 0. The summed E-state index contributed by atoms with van der Waals surface area (Å²) in [6.45, 7) is 6.25. The van der Waals surface area contributed by atoms with Crippen LogP contribution < -0.4 is 5.32 Å². The maximum Gasteiger partial charge on any atom is 0.115 e. The molecule has 3 nitrogen and oxygen atoms in total. The molecule has 3 heteroatoms. The van der Waals surface area contributed by atoms with E-state index in [1.165, 1.54) is 11.1 Å². The fourth-order valence-corrected chi connectivity index (χ4v) is 2.10. The molecule has 2 aromatic rings. The van der Waals surface area contributed by atoms with Crippen LogP contribution in [0.25, 0.3) is 0 Å². The number of nitrogens with zero attached hydrogens (tertiary/aromatic N) is 1. The molecule has 0 radical (unpaired) electrons. The van der Waals surface area contributed by atoms with Gasteiger partial charge in [-0.1, -0.05) is 19.1 Å². The van der Waals surface area contributed by atoms with Gasteiger partial charge in [-0.2, -0.15) is 0 Å². The van der Waals surface area contributed by atoms with E-state index in [1.807, 2.05) is 12.1 Å². The molecule has 1 aromatic heterocycles. The predicted molar refractivity (Wildman–Crippen MR) is 78.3 cm³/mol. The summed E-state index contributed by atoms with van der Waals surface area (Å²) in [4.78, 5) is 0. The monoisotopic (exact) mass is 258 g/mol. The van der Waals surface area contributed by atoms with Crippen molar-refractivity contribution < 1.29 is 5.11 Å². The average molecular weight is 258 g/mol. The van der Waals surface area contributed by atoms with E-state index in [0.29, 0.717) is 11.8 Å². The number of rotatable bonds is 6. The van der Waals surface area contributed by atoms with Crippen molar-refractivity contribution in [1.29, 1.82) is 0 Å². The van der Waals surface area contributed by atoms with Crippen molar-refractivity contribution in [3.05, 3.63) is 53.9 Å². The van der Waals surface area contributed by atoms with E-state index in [9.17, 15) is 5.11 Å². The van der Waals surface area contributed by atoms with Gasteiger partial charge in [-0.15, -0.1) is 0 Å². The normalized spacial score (nSPS) is 12.5. The molecule has 0 saturated carbocycles. The fourth-order valence-electron chi connectivity index (χ4n) is 2.10. The molecule has 19 heavy (non-hydrogen) atoms. The second-order valence-corrected chi connectivity index (χ2v) is 4.96. The van der Waals surface area contributed by atoms with Crippen LogP contribution in [-0.2, 0) is 6.54 Å². The van der Waals surface area contributed by atoms with Gasteiger partial charge in [0.25, 0.3) is 0 Å². The molecule has 2 rings (SSSR count). The minimum Gasteiger partial charge on any atom is -0.508 e. The van der Waals surface area contributed by atoms with Crippen LogP contribution in [0.2, 0.25) is 0 Å². The maximum atomic E-state index is 9.27. The zero-order chi connectivity index (χ0) is 13.7. The van der Waals surface area contributed by atoms with Gasteiger partial charge in [0.1, 0.15) is 5.75 Å². The first-order chi connectivity index (χ1) is 9.19. The van der Waals surface area contributed by atoms with Gasteiger partial charge in [0.05, 0.1) is 0 Å². The average Bonchev–Trinajstić information content (AvgIpc) is 2.87. The highest BCUT2D eigenvalue weighted by Crippen LogP contribution is 2.15. The van der Waals surface area contributed by atoms with Gasteiger partial charge in [0.2, 0.25) is 0 Å². The number of phenols is 1. The Labute approximate surface area is 114 Å². The lowest BCUT2D eigenvalue weighted by molar-refractivity contribution is 0.475. The first kappa shape index (κ1) is 13.7. The molecule has 1 aromatic carbocycles. The van der Waals surface area contributed by atoms with Crippen LogP contribution in [0.5, 0.6) is 5.75 Å². The second kappa shape index (κ2) is 6.43. The molecule has 1 heterocycles. The molecule has 0 saturated heterocycles. The van der Waals surface area contributed by atoms with Gasteiger partial charge in [-0.05, 0) is 49.2 Å². The minimum absolute atomic E-state index is 0.314. The van der Waals surface area contributed by atoms with Crippen LogP contribution in [0.1, 0.15) is 37.4 Å². The van der Waals surface area contributed by atoms with Crippen molar-refractivity contribution in [3.8, 4) is 5.75 Å². The zero-order valence-electron chi connectivity index (χ0n) is 11.6. The van der Waals surface area contributed by atoms with Gasteiger partial charge in [-0.25, -0.2) is 0 Å². The van der Waals surface area contributed by atoms with Crippen molar-refractivity contribution in [3.63, 3.8) is 0 Å². The third-order valence-corrected chi connectivity index (χ3v) is 3.28. The summed E-state index contributed by atoms with van der Waals surface area (Å²) in [5.41, 5.74) is 2.50. The lowest BCUT2D eigenvalue weighted by Gasteiger charge is -2.11. The van der Waals surface area contributed by atoms with Crippen molar-refractivity contribution in [2.75, 3.05) is 6.54 Å². The number of benzene rings is 1. The topological polar surface area (TPSA) is 37.2 Å². The molecule has 0 spiro atoms. The van der Waals surface area contributed by atoms with E-state index >= 15 is 0 Å². The van der Waals surface area contributed by atoms with E-state index in [2.05, 4.69) is 42.2 Å². The Morgan fingerprint density at radius 1 is 1.21 bits per heavy atom. The van der Waals surface area contributed by atoms with E-state index in [-0.39, 0.29) is 0 Å². The Kier molecular flexibility index (Phi) is 4.63. The molecule has 2 N–H and O–H groups in total. The Hall–Kier alpha value is -1.74. The van der Waals surface area contributed by atoms with E-state index in [1.54, 1.807) is 12.1 Å². The third kappa shape index (κ3) is 3.86. The van der Waals surface area contributed by atoms with Crippen molar-refractivity contribution in [2.45, 2.75) is 32.9 Å². The number of nitrogens with one attached hydrogen (secondary N) is 1. The van der Waals surface area contributed by atoms with Gasteiger partial charge >= 0.3 is 0 Å². The predicted octanol–water partition coefficient (Wildman–Crippen LogP) is 3.30. The van der Waals surface area contributed by atoms with E-state index in [0.717, 1.165) is 19.5 Å². The molecule has 0 aliphatic carbocycles. The Balaban J connectivity index is 1.98. The standard InChI is InChI=1S/C16H22N2O/c1-3-9-17-13(2)15-8-10-18(12-15)11-14-4-6-16(19)7-5-14/h4-8,10,12-13,17,19H,3,9,11H2,1-2H3. The highest BCUT2D eigenvalue weighted by Gasteiger charge is 2.06. The number of aromatic hydroxyl groups is 1. The summed E-state index contributed by atoms with van der Waals surface area (Å²) in [5.74, 6) is 0.314. The van der Waals surface area contributed by atoms with E-state index in [4.69, 9.17) is 0 Å². The molecule has 0 aliphatic heterocycles. The summed E-state index contributed by atoms with van der Waals surface area (Å²) in [7, 11) is 0. The molecule has 102 valence electrons. The van der Waals surface area contributed by atoms with Crippen LogP contribution in [0.3, 0.4) is 0 Å². The fraction of sp³-hybridized carbons (Fsp3) is 0.375. The van der Waals surface area contributed by atoms with Gasteiger partial charge in [-0.3, -0.25) is 0 Å². The molecule has 0 fully saturated rings. The van der Waals surface area contributed by atoms with Gasteiger partial charge in [0.15, 0.2) is 0 Å². The van der Waals surface area contributed by atoms with Crippen LogP contribution >= 0.6 is 0 Å². The number of phenolic OH excluding ortho intramolecular Hbond substituents is 1. The van der Waals surface area contributed by atoms with Crippen molar-refractivity contribution in [1.82, 2.24) is 9.88 Å². The first-order valence-electron chi connectivity index (χ1n) is 6.86. The third-order valence-electron chi connectivity index (χ3n) is 3.28. The number of hydrogen-bond donors (Lipinski definition) is 2. The van der Waals surface area contributed by atoms with Crippen molar-refractivity contribution in [2.24, 2.45) is 0 Å². The Morgan fingerprint density at radius 2 is 1.95 bits per heavy atom. The van der Waals surface area contributed by atoms with Crippen LogP contribution in [0.15, 0.2) is 42.7 Å². The molecular formula is C16H22N2O. The summed E-state index contributed by atoms with van der Waals surface area (Å²) in [6, 6.07) is 9.91. The number of aromatic nitrogens is 1. The van der Waals surface area contributed by atoms with Crippen LogP contribution in [0.4, 0.5) is 0 Å². The quantitative estimate of drug-likeness (QED) is 0.834. The highest BCUT2D eigenvalue weighted by molar-refractivity contribution is 5.26. The molecule has 1 atom stereocenters. The second-order valence-electron chi connectivity index (χ2n) is 4.96. The van der Waals surface area contributed by atoms with Crippen LogP contribution in [0, 0.1) is 0 Å². The molecular weight excluding hydrogens is 236 g/mol.